The Morgan fingerprint density at radius 3 is 2.39 bits per heavy atom. The fraction of sp³-hybridized carbons (Fsp3) is 0.667. The number of nitrogens with one attached hydrogen (secondary N) is 2. The quantitative estimate of drug-likeness (QED) is 0.655. The van der Waals surface area contributed by atoms with Crippen LogP contribution >= 0.6 is 0 Å². The molecular weight excluding hydrogens is 431 g/mol. The average Bonchev–Trinajstić information content (AvgIpc) is 3.30. The van der Waals surface area contributed by atoms with Crippen LogP contribution in [0.3, 0.4) is 0 Å². The van der Waals surface area contributed by atoms with Crippen molar-refractivity contribution in [2.75, 3.05) is 20.1 Å². The first-order valence-electron chi connectivity index (χ1n) is 10.6. The highest BCUT2D eigenvalue weighted by Gasteiger charge is 2.47. The molecule has 0 radical (unpaired) electrons. The monoisotopic (exact) mass is 461 g/mol. The molecule has 1 saturated heterocycles. The molecule has 3 rings (SSSR count). The summed E-state index contributed by atoms with van der Waals surface area (Å²) < 4.78 is 65.6. The molecule has 1 aliphatic carbocycles. The van der Waals surface area contributed by atoms with Gasteiger partial charge in [-0.3, -0.25) is 4.79 Å². The van der Waals surface area contributed by atoms with Crippen molar-refractivity contribution in [3.8, 4) is 0 Å². The van der Waals surface area contributed by atoms with Crippen molar-refractivity contribution in [1.82, 2.24) is 14.9 Å². The van der Waals surface area contributed by atoms with Gasteiger partial charge in [-0.05, 0) is 61.9 Å². The predicted octanol–water partition coefficient (Wildman–Crippen LogP) is 2.85. The Bertz CT molecular complexity index is 889. The second-order valence-corrected chi connectivity index (χ2v) is 10.6. The van der Waals surface area contributed by atoms with Gasteiger partial charge in [0.25, 0.3) is 0 Å². The van der Waals surface area contributed by atoms with E-state index in [0.717, 1.165) is 43.5 Å². The Morgan fingerprint density at radius 1 is 1.19 bits per heavy atom. The number of fused-ring (bicyclic) bond motifs is 1. The van der Waals surface area contributed by atoms with Crippen LogP contribution in [0.15, 0.2) is 29.2 Å². The van der Waals surface area contributed by atoms with Gasteiger partial charge in [0, 0.05) is 19.1 Å². The summed E-state index contributed by atoms with van der Waals surface area (Å²) in [4.78, 5) is 12.6. The van der Waals surface area contributed by atoms with Crippen LogP contribution in [0.2, 0.25) is 0 Å². The number of nitrogens with zero attached hydrogens (tertiary/aromatic N) is 1. The molecule has 2 N–H and O–H groups in total. The Kier molecular flexibility index (Phi) is 7.02. The lowest BCUT2D eigenvalue weighted by atomic mass is 9.95. The van der Waals surface area contributed by atoms with E-state index in [-0.39, 0.29) is 47.2 Å². The molecule has 0 unspecified atom stereocenters. The maximum absolute atomic E-state index is 13.0. The maximum atomic E-state index is 13.0. The fourth-order valence-electron chi connectivity index (χ4n) is 4.75. The summed E-state index contributed by atoms with van der Waals surface area (Å²) in [6, 6.07) is 3.19. The predicted molar refractivity (Wildman–Crippen MR) is 111 cm³/mol. The molecule has 2 fully saturated rings. The third-order valence-corrected chi connectivity index (χ3v) is 8.62. The van der Waals surface area contributed by atoms with E-state index in [2.05, 4.69) is 10.6 Å². The number of benzene rings is 1. The van der Waals surface area contributed by atoms with Gasteiger partial charge in [0.2, 0.25) is 15.9 Å². The van der Waals surface area contributed by atoms with Crippen molar-refractivity contribution in [3.63, 3.8) is 0 Å². The second-order valence-electron chi connectivity index (χ2n) is 8.61. The molecule has 1 amide bonds. The van der Waals surface area contributed by atoms with Crippen LogP contribution in [0.1, 0.15) is 38.7 Å². The standard InChI is InChI=1S/C21H30F3N3O3S/c1-4-13(2)19(25-3)20(28)26-18-10-5-14-11-27(12-17(14)18)31(29,30)16-8-6-15(7-9-16)21(22,23)24/h6-9,13-14,17-19,25H,4-5,10-12H2,1-3H3,(H,26,28)/t13-,14-,17+,18+,19-/m0/s1. The Balaban J connectivity index is 1.69. The number of hydrogen-bond donors (Lipinski definition) is 2. The summed E-state index contributed by atoms with van der Waals surface area (Å²) >= 11 is 0. The van der Waals surface area contributed by atoms with Crippen LogP contribution in [-0.4, -0.2) is 50.9 Å². The van der Waals surface area contributed by atoms with Crippen molar-refractivity contribution in [2.24, 2.45) is 17.8 Å². The molecule has 1 saturated carbocycles. The second kappa shape index (κ2) is 9.07. The summed E-state index contributed by atoms with van der Waals surface area (Å²) in [6.07, 6.45) is -2.05. The van der Waals surface area contributed by atoms with Crippen LogP contribution in [0.25, 0.3) is 0 Å². The first-order valence-corrected chi connectivity index (χ1v) is 12.1. The van der Waals surface area contributed by atoms with Gasteiger partial charge in [0.05, 0.1) is 16.5 Å². The van der Waals surface area contributed by atoms with Crippen molar-refractivity contribution in [3.05, 3.63) is 29.8 Å². The van der Waals surface area contributed by atoms with Gasteiger partial charge in [-0.1, -0.05) is 20.3 Å². The summed E-state index contributed by atoms with van der Waals surface area (Å²) in [5, 5.41) is 6.16. The van der Waals surface area contributed by atoms with Crippen LogP contribution in [0.5, 0.6) is 0 Å². The number of carbonyl (C=O) groups excluding carboxylic acids is 1. The van der Waals surface area contributed by atoms with E-state index in [0.29, 0.717) is 6.54 Å². The molecule has 0 aromatic heterocycles. The van der Waals surface area contributed by atoms with E-state index in [9.17, 15) is 26.4 Å². The minimum absolute atomic E-state index is 0.00242. The van der Waals surface area contributed by atoms with Crippen LogP contribution < -0.4 is 10.6 Å². The average molecular weight is 462 g/mol. The van der Waals surface area contributed by atoms with Crippen molar-refractivity contribution in [1.29, 1.82) is 0 Å². The lowest BCUT2D eigenvalue weighted by Crippen LogP contribution is -2.51. The van der Waals surface area contributed by atoms with E-state index >= 15 is 0 Å². The largest absolute Gasteiger partial charge is 0.416 e. The van der Waals surface area contributed by atoms with E-state index in [1.807, 2.05) is 13.8 Å². The Labute approximate surface area is 181 Å². The molecule has 6 nitrogen and oxygen atoms in total. The third-order valence-electron chi connectivity index (χ3n) is 6.78. The number of likely N-dealkylation sites (N-methyl/N-ethyl adjacent to an activating group) is 1. The molecule has 1 aromatic carbocycles. The lowest BCUT2D eigenvalue weighted by molar-refractivity contribution is -0.137. The van der Waals surface area contributed by atoms with Gasteiger partial charge in [-0.15, -0.1) is 0 Å². The first kappa shape index (κ1) is 24.0. The number of carbonyl (C=O) groups is 1. The number of alkyl halides is 3. The lowest BCUT2D eigenvalue weighted by Gasteiger charge is -2.26. The van der Waals surface area contributed by atoms with Gasteiger partial charge in [0.15, 0.2) is 0 Å². The molecule has 1 aromatic rings. The number of amides is 1. The first-order chi connectivity index (χ1) is 14.5. The SMILES string of the molecule is CC[C@H](C)[C@H](NC)C(=O)N[C@@H]1CC[C@H]2CN(S(=O)(=O)c3ccc(C(F)(F)F)cc3)C[C@H]21. The molecule has 0 bridgehead atoms. The normalized spacial score (nSPS) is 26.5. The van der Waals surface area contributed by atoms with Crippen molar-refractivity contribution >= 4 is 15.9 Å². The number of sulfonamides is 1. The fourth-order valence-corrected chi connectivity index (χ4v) is 6.28. The van der Waals surface area contributed by atoms with Gasteiger partial charge in [0.1, 0.15) is 0 Å². The van der Waals surface area contributed by atoms with E-state index in [4.69, 9.17) is 0 Å². The summed E-state index contributed by atoms with van der Waals surface area (Å²) in [7, 11) is -2.14. The molecule has 1 aliphatic heterocycles. The zero-order chi connectivity index (χ0) is 23.0. The van der Waals surface area contributed by atoms with Crippen molar-refractivity contribution < 1.29 is 26.4 Å². The minimum atomic E-state index is -4.52. The Morgan fingerprint density at radius 2 is 1.84 bits per heavy atom. The molecule has 174 valence electrons. The number of halogens is 3. The van der Waals surface area contributed by atoms with E-state index in [1.54, 1.807) is 7.05 Å². The molecule has 2 aliphatic rings. The number of rotatable bonds is 7. The smallest absolute Gasteiger partial charge is 0.352 e. The highest BCUT2D eigenvalue weighted by molar-refractivity contribution is 7.89. The van der Waals surface area contributed by atoms with Crippen LogP contribution in [-0.2, 0) is 21.0 Å². The maximum Gasteiger partial charge on any atom is 0.416 e. The molecular formula is C21H30F3N3O3S. The van der Waals surface area contributed by atoms with Crippen molar-refractivity contribution in [2.45, 2.75) is 56.3 Å². The highest BCUT2D eigenvalue weighted by Crippen LogP contribution is 2.40. The minimum Gasteiger partial charge on any atom is -0.352 e. The van der Waals surface area contributed by atoms with Gasteiger partial charge in [-0.2, -0.15) is 17.5 Å². The molecule has 0 spiro atoms. The highest BCUT2D eigenvalue weighted by atomic mass is 32.2. The Hall–Kier alpha value is -1.65. The summed E-state index contributed by atoms with van der Waals surface area (Å²) in [5.41, 5.74) is -0.882. The third kappa shape index (κ3) is 4.90. The zero-order valence-corrected chi connectivity index (χ0v) is 18.8. The molecule has 5 atom stereocenters. The molecule has 1 heterocycles. The molecule has 10 heteroatoms. The van der Waals surface area contributed by atoms with Gasteiger partial charge in [-0.25, -0.2) is 8.42 Å². The molecule has 31 heavy (non-hydrogen) atoms. The summed E-state index contributed by atoms with van der Waals surface area (Å²) in [6.45, 7) is 4.61. The topological polar surface area (TPSA) is 78.5 Å². The van der Waals surface area contributed by atoms with Gasteiger partial charge < -0.3 is 10.6 Å². The van der Waals surface area contributed by atoms with Gasteiger partial charge >= 0.3 is 6.18 Å². The summed E-state index contributed by atoms with van der Waals surface area (Å²) in [5.74, 6) is 0.225. The number of hydrogen-bond acceptors (Lipinski definition) is 4. The zero-order valence-electron chi connectivity index (χ0n) is 17.9. The van der Waals surface area contributed by atoms with Crippen LogP contribution in [0.4, 0.5) is 13.2 Å². The van der Waals surface area contributed by atoms with Crippen LogP contribution in [0, 0.1) is 17.8 Å². The van der Waals surface area contributed by atoms with E-state index in [1.165, 1.54) is 4.31 Å². The van der Waals surface area contributed by atoms with E-state index < -0.39 is 21.8 Å².